The van der Waals surface area contributed by atoms with Gasteiger partial charge in [-0.15, -0.1) is 0 Å². The third-order valence-electron chi connectivity index (χ3n) is 3.00. The van der Waals surface area contributed by atoms with Gasteiger partial charge in [0.15, 0.2) is 5.54 Å². The predicted molar refractivity (Wildman–Crippen MR) is 78.6 cm³/mol. The number of cyclic esters (lactones) is 1. The molecule has 2 atom stereocenters. The highest BCUT2D eigenvalue weighted by molar-refractivity contribution is 7.98. The molecule has 0 unspecified atom stereocenters. The van der Waals surface area contributed by atoms with E-state index in [1.54, 1.807) is 11.8 Å². The number of morpholine rings is 1. The Hall–Kier alpha value is -0.790. The van der Waals surface area contributed by atoms with Gasteiger partial charge in [-0.1, -0.05) is 0 Å². The van der Waals surface area contributed by atoms with Crippen molar-refractivity contribution in [1.29, 1.82) is 0 Å². The van der Waals surface area contributed by atoms with Gasteiger partial charge in [0, 0.05) is 5.54 Å². The van der Waals surface area contributed by atoms with E-state index in [1.807, 2.05) is 27.0 Å². The summed E-state index contributed by atoms with van der Waals surface area (Å²) in [6.45, 7) is 5.00. The van der Waals surface area contributed by atoms with Crippen molar-refractivity contribution in [2.45, 2.75) is 44.3 Å². The fourth-order valence-corrected chi connectivity index (χ4v) is 2.38. The van der Waals surface area contributed by atoms with Crippen LogP contribution < -0.4 is 10.6 Å². The maximum Gasteiger partial charge on any atom is 0.323 e. The first-order valence-corrected chi connectivity index (χ1v) is 8.00. The van der Waals surface area contributed by atoms with Crippen LogP contribution in [0.5, 0.6) is 0 Å². The van der Waals surface area contributed by atoms with Crippen molar-refractivity contribution in [3.63, 3.8) is 0 Å². The lowest BCUT2D eigenvalue weighted by Gasteiger charge is -2.40. The average Bonchev–Trinajstić information content (AvgIpc) is 2.36. The Morgan fingerprint density at radius 3 is 2.75 bits per heavy atom. The zero-order chi connectivity index (χ0) is 15.4. The van der Waals surface area contributed by atoms with Crippen LogP contribution in [0.1, 0.15) is 27.2 Å². The molecule has 1 heterocycles. The molecule has 20 heavy (non-hydrogen) atoms. The number of aliphatic hydroxyl groups is 1. The molecule has 1 aliphatic heterocycles. The van der Waals surface area contributed by atoms with Crippen molar-refractivity contribution in [2.24, 2.45) is 0 Å². The van der Waals surface area contributed by atoms with E-state index in [0.29, 0.717) is 6.42 Å². The van der Waals surface area contributed by atoms with Gasteiger partial charge in [0.2, 0.25) is 5.91 Å². The molecule has 0 aromatic carbocycles. The molecule has 0 aromatic rings. The lowest BCUT2D eigenvalue weighted by Crippen LogP contribution is -2.71. The van der Waals surface area contributed by atoms with Crippen LogP contribution in [-0.2, 0) is 14.3 Å². The molecule has 0 spiro atoms. The van der Waals surface area contributed by atoms with Crippen molar-refractivity contribution < 1.29 is 19.4 Å². The second kappa shape index (κ2) is 6.78. The molecule has 1 amide bonds. The van der Waals surface area contributed by atoms with Gasteiger partial charge in [-0.2, -0.15) is 11.8 Å². The maximum atomic E-state index is 12.4. The van der Waals surface area contributed by atoms with Crippen LogP contribution in [-0.4, -0.2) is 59.3 Å². The number of carbonyl (C=O) groups excluding carboxylic acids is 2. The number of hydrogen-bond acceptors (Lipinski definition) is 6. The minimum Gasteiger partial charge on any atom is -0.462 e. The Bertz CT molecular complexity index is 370. The first kappa shape index (κ1) is 17.3. The van der Waals surface area contributed by atoms with Crippen molar-refractivity contribution in [1.82, 2.24) is 10.6 Å². The summed E-state index contributed by atoms with van der Waals surface area (Å²) in [5, 5.41) is 15.4. The monoisotopic (exact) mass is 304 g/mol. The number of ether oxygens (including phenoxy) is 1. The molecule has 6 nitrogen and oxygen atoms in total. The second-order valence-corrected chi connectivity index (χ2v) is 7.02. The molecular weight excluding hydrogens is 280 g/mol. The summed E-state index contributed by atoms with van der Waals surface area (Å²) < 4.78 is 5.10. The van der Waals surface area contributed by atoms with Crippen LogP contribution in [0.2, 0.25) is 0 Å². The zero-order valence-electron chi connectivity index (χ0n) is 12.5. The molecule has 1 saturated heterocycles. The standard InChI is InChI=1S/C13H24N2O4S/c1-12(2,3)15-11(18)13(7-16)8-19-10(17)9(14-13)5-6-20-4/h9,14,16H,5-8H2,1-4H3,(H,15,18)/t9-,13-/m1/s1. The molecule has 1 aliphatic rings. The van der Waals surface area contributed by atoms with E-state index in [2.05, 4.69) is 10.6 Å². The maximum absolute atomic E-state index is 12.4. The molecule has 0 bridgehead atoms. The Balaban J connectivity index is 2.82. The summed E-state index contributed by atoms with van der Waals surface area (Å²) in [5.41, 5.74) is -1.68. The third-order valence-corrected chi connectivity index (χ3v) is 3.64. The van der Waals surface area contributed by atoms with E-state index in [0.717, 1.165) is 5.75 Å². The molecule has 116 valence electrons. The number of amides is 1. The summed E-state index contributed by atoms with van der Waals surface area (Å²) >= 11 is 1.61. The Kier molecular flexibility index (Phi) is 5.85. The van der Waals surface area contributed by atoms with Gasteiger partial charge in [-0.3, -0.25) is 14.9 Å². The van der Waals surface area contributed by atoms with Gasteiger partial charge in [-0.05, 0) is 39.2 Å². The van der Waals surface area contributed by atoms with Crippen molar-refractivity contribution in [2.75, 3.05) is 25.2 Å². The molecule has 1 rings (SSSR count). The Morgan fingerprint density at radius 2 is 2.25 bits per heavy atom. The van der Waals surface area contributed by atoms with E-state index in [9.17, 15) is 14.7 Å². The number of carbonyl (C=O) groups is 2. The fourth-order valence-electron chi connectivity index (χ4n) is 1.91. The molecule has 0 radical (unpaired) electrons. The summed E-state index contributed by atoms with van der Waals surface area (Å²) in [7, 11) is 0. The molecule has 1 fully saturated rings. The van der Waals surface area contributed by atoms with Gasteiger partial charge in [0.05, 0.1) is 6.61 Å². The minimum absolute atomic E-state index is 0.153. The lowest BCUT2D eigenvalue weighted by molar-refractivity contribution is -0.161. The molecule has 0 aliphatic carbocycles. The van der Waals surface area contributed by atoms with Crippen LogP contribution in [0.15, 0.2) is 0 Å². The van der Waals surface area contributed by atoms with Gasteiger partial charge in [0.1, 0.15) is 12.6 Å². The highest BCUT2D eigenvalue weighted by Crippen LogP contribution is 2.18. The largest absolute Gasteiger partial charge is 0.462 e. The number of esters is 1. The van der Waals surface area contributed by atoms with E-state index >= 15 is 0 Å². The molecule has 0 aromatic heterocycles. The van der Waals surface area contributed by atoms with Crippen LogP contribution >= 0.6 is 11.8 Å². The first-order valence-electron chi connectivity index (χ1n) is 6.61. The first-order chi connectivity index (χ1) is 9.24. The van der Waals surface area contributed by atoms with Crippen LogP contribution in [0.3, 0.4) is 0 Å². The van der Waals surface area contributed by atoms with Crippen LogP contribution in [0.25, 0.3) is 0 Å². The number of aliphatic hydroxyl groups excluding tert-OH is 1. The molecule has 7 heteroatoms. The summed E-state index contributed by atoms with van der Waals surface area (Å²) in [6, 6.07) is -0.561. The smallest absolute Gasteiger partial charge is 0.323 e. The Morgan fingerprint density at radius 1 is 1.60 bits per heavy atom. The van der Waals surface area contributed by atoms with E-state index in [4.69, 9.17) is 4.74 Å². The van der Waals surface area contributed by atoms with Gasteiger partial charge < -0.3 is 15.2 Å². The van der Waals surface area contributed by atoms with Crippen LogP contribution in [0.4, 0.5) is 0 Å². The summed E-state index contributed by atoms with van der Waals surface area (Å²) in [6.07, 6.45) is 2.50. The molecule has 3 N–H and O–H groups in total. The molecule has 0 saturated carbocycles. The van der Waals surface area contributed by atoms with Crippen molar-refractivity contribution in [3.8, 4) is 0 Å². The number of hydrogen-bond donors (Lipinski definition) is 3. The quantitative estimate of drug-likeness (QED) is 0.615. The summed E-state index contributed by atoms with van der Waals surface area (Å²) in [5.74, 6) is 0.0515. The number of thioether (sulfide) groups is 1. The number of nitrogens with one attached hydrogen (secondary N) is 2. The van der Waals surface area contributed by atoms with Crippen LogP contribution in [0, 0.1) is 0 Å². The Labute approximate surface area is 124 Å². The molecular formula is C13H24N2O4S. The topological polar surface area (TPSA) is 87.7 Å². The summed E-state index contributed by atoms with van der Waals surface area (Å²) in [4.78, 5) is 24.1. The average molecular weight is 304 g/mol. The van der Waals surface area contributed by atoms with Gasteiger partial charge in [-0.25, -0.2) is 0 Å². The van der Waals surface area contributed by atoms with Crippen molar-refractivity contribution in [3.05, 3.63) is 0 Å². The minimum atomic E-state index is -1.26. The third kappa shape index (κ3) is 4.36. The fraction of sp³-hybridized carbons (Fsp3) is 0.846. The van der Waals surface area contributed by atoms with E-state index in [-0.39, 0.29) is 18.5 Å². The highest BCUT2D eigenvalue weighted by Gasteiger charge is 2.47. The SMILES string of the molecule is CSCC[C@H]1N[C@@](CO)(C(=O)NC(C)(C)C)COC1=O. The van der Waals surface area contributed by atoms with Crippen molar-refractivity contribution >= 4 is 23.6 Å². The highest BCUT2D eigenvalue weighted by atomic mass is 32.2. The lowest BCUT2D eigenvalue weighted by atomic mass is 9.94. The normalized spacial score (nSPS) is 27.1. The van der Waals surface area contributed by atoms with E-state index < -0.39 is 23.7 Å². The van der Waals surface area contributed by atoms with E-state index in [1.165, 1.54) is 0 Å². The second-order valence-electron chi connectivity index (χ2n) is 6.03. The van der Waals surface area contributed by atoms with Gasteiger partial charge >= 0.3 is 5.97 Å². The zero-order valence-corrected chi connectivity index (χ0v) is 13.3. The number of rotatable bonds is 5. The van der Waals surface area contributed by atoms with Gasteiger partial charge in [0.25, 0.3) is 0 Å². The predicted octanol–water partition coefficient (Wildman–Crippen LogP) is -0.0997.